The molecule has 4 nitrogen and oxygen atoms in total. The maximum Gasteiger partial charge on any atom is 0.251 e. The smallest absolute Gasteiger partial charge is 0.251 e. The highest BCUT2D eigenvalue weighted by atomic mass is 19.1. The zero-order chi connectivity index (χ0) is 12.0. The van der Waals surface area contributed by atoms with Gasteiger partial charge in [-0.1, -0.05) is 6.07 Å². The van der Waals surface area contributed by atoms with Gasteiger partial charge in [-0.05, 0) is 18.2 Å². The van der Waals surface area contributed by atoms with Crippen LogP contribution in [0.2, 0.25) is 0 Å². The fourth-order valence-electron chi connectivity index (χ4n) is 1.17. The summed E-state index contributed by atoms with van der Waals surface area (Å²) in [5.41, 5.74) is 0.269. The Kier molecular flexibility index (Phi) is 4.88. The van der Waals surface area contributed by atoms with Gasteiger partial charge < -0.3 is 14.8 Å². The molecule has 5 heteroatoms. The summed E-state index contributed by atoms with van der Waals surface area (Å²) in [4.78, 5) is 11.5. The van der Waals surface area contributed by atoms with Gasteiger partial charge in [0.05, 0.1) is 6.54 Å². The SMILES string of the molecule is COC(CNC(=O)c1cccc(F)c1)OC. The van der Waals surface area contributed by atoms with E-state index in [9.17, 15) is 9.18 Å². The van der Waals surface area contributed by atoms with E-state index < -0.39 is 12.1 Å². The zero-order valence-corrected chi connectivity index (χ0v) is 9.20. The van der Waals surface area contributed by atoms with E-state index in [0.717, 1.165) is 0 Å². The molecule has 0 aromatic heterocycles. The van der Waals surface area contributed by atoms with Gasteiger partial charge in [-0.25, -0.2) is 4.39 Å². The third kappa shape index (κ3) is 3.60. The molecule has 88 valence electrons. The predicted molar refractivity (Wildman–Crippen MR) is 56.5 cm³/mol. The van der Waals surface area contributed by atoms with Crippen molar-refractivity contribution < 1.29 is 18.7 Å². The monoisotopic (exact) mass is 227 g/mol. The maximum atomic E-state index is 12.8. The normalized spacial score (nSPS) is 10.5. The molecule has 0 aliphatic heterocycles. The summed E-state index contributed by atoms with van der Waals surface area (Å²) in [6.07, 6.45) is -0.502. The van der Waals surface area contributed by atoms with Crippen molar-refractivity contribution in [3.8, 4) is 0 Å². The van der Waals surface area contributed by atoms with E-state index in [2.05, 4.69) is 5.32 Å². The summed E-state index contributed by atoms with van der Waals surface area (Å²) in [5, 5.41) is 2.57. The second-order valence-electron chi connectivity index (χ2n) is 3.12. The Morgan fingerprint density at radius 3 is 2.69 bits per heavy atom. The second kappa shape index (κ2) is 6.19. The van der Waals surface area contributed by atoms with Gasteiger partial charge in [-0.2, -0.15) is 0 Å². The summed E-state index contributed by atoms with van der Waals surface area (Å²) < 4.78 is 22.6. The van der Waals surface area contributed by atoms with Crippen LogP contribution in [0.1, 0.15) is 10.4 Å². The Morgan fingerprint density at radius 1 is 1.44 bits per heavy atom. The van der Waals surface area contributed by atoms with E-state index in [0.29, 0.717) is 0 Å². The van der Waals surface area contributed by atoms with Gasteiger partial charge in [0.25, 0.3) is 5.91 Å². The summed E-state index contributed by atoms with van der Waals surface area (Å²) >= 11 is 0. The molecule has 1 rings (SSSR count). The Balaban J connectivity index is 2.52. The lowest BCUT2D eigenvalue weighted by Gasteiger charge is -2.13. The van der Waals surface area contributed by atoms with Crippen LogP contribution in [0.15, 0.2) is 24.3 Å². The molecule has 16 heavy (non-hydrogen) atoms. The number of carbonyl (C=O) groups is 1. The van der Waals surface area contributed by atoms with E-state index in [1.54, 1.807) is 0 Å². The minimum Gasteiger partial charge on any atom is -0.354 e. The topological polar surface area (TPSA) is 47.6 Å². The van der Waals surface area contributed by atoms with E-state index >= 15 is 0 Å². The zero-order valence-electron chi connectivity index (χ0n) is 9.20. The fourth-order valence-corrected chi connectivity index (χ4v) is 1.17. The fraction of sp³-hybridized carbons (Fsp3) is 0.364. The number of carbonyl (C=O) groups excluding carboxylic acids is 1. The number of hydrogen-bond acceptors (Lipinski definition) is 3. The highest BCUT2D eigenvalue weighted by molar-refractivity contribution is 5.94. The molecule has 1 aromatic rings. The quantitative estimate of drug-likeness (QED) is 0.768. The Labute approximate surface area is 93.4 Å². The number of methoxy groups -OCH3 is 2. The molecule has 0 fully saturated rings. The van der Waals surface area contributed by atoms with Crippen LogP contribution in [0.4, 0.5) is 4.39 Å². The number of amides is 1. The van der Waals surface area contributed by atoms with Crippen LogP contribution in [-0.4, -0.2) is 33.0 Å². The molecule has 0 spiro atoms. The van der Waals surface area contributed by atoms with Crippen LogP contribution in [0.5, 0.6) is 0 Å². The van der Waals surface area contributed by atoms with E-state index in [1.807, 2.05) is 0 Å². The Hall–Kier alpha value is -1.46. The van der Waals surface area contributed by atoms with Gasteiger partial charge in [0.2, 0.25) is 0 Å². The first kappa shape index (κ1) is 12.6. The molecule has 1 N–H and O–H groups in total. The van der Waals surface area contributed by atoms with Crippen LogP contribution >= 0.6 is 0 Å². The van der Waals surface area contributed by atoms with Crippen molar-refractivity contribution in [3.05, 3.63) is 35.6 Å². The third-order valence-electron chi connectivity index (χ3n) is 2.04. The van der Waals surface area contributed by atoms with Crippen molar-refractivity contribution in [3.63, 3.8) is 0 Å². The van der Waals surface area contributed by atoms with Crippen LogP contribution in [0, 0.1) is 5.82 Å². The lowest BCUT2D eigenvalue weighted by Crippen LogP contribution is -2.34. The summed E-state index contributed by atoms with van der Waals surface area (Å²) in [6.45, 7) is 0.211. The van der Waals surface area contributed by atoms with Gasteiger partial charge in [-0.15, -0.1) is 0 Å². The van der Waals surface area contributed by atoms with Crippen LogP contribution in [0.25, 0.3) is 0 Å². The second-order valence-corrected chi connectivity index (χ2v) is 3.12. The van der Waals surface area contributed by atoms with E-state index in [1.165, 1.54) is 38.5 Å². The molecule has 0 unspecified atom stereocenters. The first-order valence-electron chi connectivity index (χ1n) is 4.76. The average molecular weight is 227 g/mol. The van der Waals surface area contributed by atoms with E-state index in [-0.39, 0.29) is 18.0 Å². The van der Waals surface area contributed by atoms with Crippen LogP contribution in [0.3, 0.4) is 0 Å². The largest absolute Gasteiger partial charge is 0.354 e. The molecule has 0 heterocycles. The van der Waals surface area contributed by atoms with Crippen molar-refractivity contribution in [1.29, 1.82) is 0 Å². The first-order valence-corrected chi connectivity index (χ1v) is 4.76. The maximum absolute atomic E-state index is 12.8. The van der Waals surface area contributed by atoms with Gasteiger partial charge in [-0.3, -0.25) is 4.79 Å². The van der Waals surface area contributed by atoms with Crippen LogP contribution < -0.4 is 5.32 Å². The van der Waals surface area contributed by atoms with E-state index in [4.69, 9.17) is 9.47 Å². The third-order valence-corrected chi connectivity index (χ3v) is 2.04. The molecule has 0 saturated heterocycles. The minimum atomic E-state index is -0.502. The van der Waals surface area contributed by atoms with Crippen molar-refractivity contribution in [1.82, 2.24) is 5.32 Å². The Morgan fingerprint density at radius 2 is 2.12 bits per heavy atom. The number of ether oxygens (including phenoxy) is 2. The summed E-state index contributed by atoms with van der Waals surface area (Å²) in [7, 11) is 2.95. The summed E-state index contributed by atoms with van der Waals surface area (Å²) in [6, 6.07) is 5.47. The standard InChI is InChI=1S/C11H14FNO3/c1-15-10(16-2)7-13-11(14)8-4-3-5-9(12)6-8/h3-6,10H,7H2,1-2H3,(H,13,14). The molecule has 0 bridgehead atoms. The molecular formula is C11H14FNO3. The average Bonchev–Trinajstić information content (AvgIpc) is 2.30. The molecule has 0 saturated carbocycles. The lowest BCUT2D eigenvalue weighted by atomic mass is 10.2. The number of halogens is 1. The van der Waals surface area contributed by atoms with Crippen molar-refractivity contribution >= 4 is 5.91 Å². The minimum absolute atomic E-state index is 0.211. The van der Waals surface area contributed by atoms with Crippen molar-refractivity contribution in [2.75, 3.05) is 20.8 Å². The van der Waals surface area contributed by atoms with Gasteiger partial charge in [0, 0.05) is 19.8 Å². The van der Waals surface area contributed by atoms with Crippen molar-refractivity contribution in [2.45, 2.75) is 6.29 Å². The number of rotatable bonds is 5. The van der Waals surface area contributed by atoms with Crippen molar-refractivity contribution in [2.24, 2.45) is 0 Å². The molecule has 0 aliphatic rings. The molecular weight excluding hydrogens is 213 g/mol. The molecule has 0 atom stereocenters. The molecule has 0 aliphatic carbocycles. The number of hydrogen-bond donors (Lipinski definition) is 1. The highest BCUT2D eigenvalue weighted by Gasteiger charge is 2.09. The molecule has 1 aromatic carbocycles. The first-order chi connectivity index (χ1) is 7.67. The number of nitrogens with one attached hydrogen (secondary N) is 1. The van der Waals surface area contributed by atoms with Gasteiger partial charge in [0.1, 0.15) is 5.82 Å². The highest BCUT2D eigenvalue weighted by Crippen LogP contribution is 2.03. The van der Waals surface area contributed by atoms with Gasteiger partial charge >= 0.3 is 0 Å². The summed E-state index contributed by atoms with van der Waals surface area (Å²) in [5.74, 6) is -0.804. The van der Waals surface area contributed by atoms with Crippen LogP contribution in [-0.2, 0) is 9.47 Å². The molecule has 0 radical (unpaired) electrons. The van der Waals surface area contributed by atoms with Gasteiger partial charge in [0.15, 0.2) is 6.29 Å². The Bertz CT molecular complexity index is 353. The predicted octanol–water partition coefficient (Wildman–Crippen LogP) is 1.17. The number of benzene rings is 1. The molecule has 1 amide bonds. The lowest BCUT2D eigenvalue weighted by molar-refractivity contribution is -0.0974.